The Hall–Kier alpha value is -1.66. The molecule has 1 aromatic rings. The van der Waals surface area contributed by atoms with Gasteiger partial charge in [0.15, 0.2) is 0 Å². The fraction of sp³-hybridized carbons (Fsp3) is 0.538. The Morgan fingerprint density at radius 2 is 2.11 bits per heavy atom. The van der Waals surface area contributed by atoms with E-state index in [1.807, 2.05) is 0 Å². The van der Waals surface area contributed by atoms with E-state index >= 15 is 0 Å². The van der Waals surface area contributed by atoms with Gasteiger partial charge in [0.05, 0.1) is 6.20 Å². The molecule has 0 radical (unpaired) electrons. The number of carbonyl (C=O) groups is 1. The summed E-state index contributed by atoms with van der Waals surface area (Å²) in [4.78, 5) is 19.1. The summed E-state index contributed by atoms with van der Waals surface area (Å²) in [7, 11) is 2.13. The van der Waals surface area contributed by atoms with Crippen LogP contribution < -0.4 is 4.74 Å². The van der Waals surface area contributed by atoms with Crippen molar-refractivity contribution in [3.63, 3.8) is 0 Å². The number of nitrogens with zero attached hydrogens (tertiary/aromatic N) is 3. The van der Waals surface area contributed by atoms with Crippen molar-refractivity contribution in [3.8, 4) is 5.75 Å². The van der Waals surface area contributed by atoms with E-state index in [0.29, 0.717) is 12.4 Å². The molecule has 104 valence electrons. The predicted octanol–water partition coefficient (Wildman–Crippen LogP) is 0.406. The van der Waals surface area contributed by atoms with E-state index in [-0.39, 0.29) is 5.69 Å². The summed E-state index contributed by atoms with van der Waals surface area (Å²) in [5, 5.41) is 8.73. The van der Waals surface area contributed by atoms with Gasteiger partial charge < -0.3 is 14.7 Å². The second-order valence-electron chi connectivity index (χ2n) is 4.68. The first-order chi connectivity index (χ1) is 9.15. The van der Waals surface area contributed by atoms with Gasteiger partial charge in [0.1, 0.15) is 18.1 Å². The minimum absolute atomic E-state index is 0.0337. The number of rotatable bonds is 5. The summed E-state index contributed by atoms with van der Waals surface area (Å²) in [5.41, 5.74) is 0.0337. The molecule has 0 spiro atoms. The van der Waals surface area contributed by atoms with Crippen molar-refractivity contribution in [2.45, 2.75) is 0 Å². The third-order valence-electron chi connectivity index (χ3n) is 3.23. The van der Waals surface area contributed by atoms with Crippen LogP contribution in [0.15, 0.2) is 18.3 Å². The summed E-state index contributed by atoms with van der Waals surface area (Å²) in [5.74, 6) is -0.414. The average molecular weight is 265 g/mol. The van der Waals surface area contributed by atoms with Crippen molar-refractivity contribution in [1.82, 2.24) is 14.8 Å². The first-order valence-corrected chi connectivity index (χ1v) is 6.38. The molecule has 2 rings (SSSR count). The summed E-state index contributed by atoms with van der Waals surface area (Å²) >= 11 is 0. The van der Waals surface area contributed by atoms with Crippen LogP contribution in [0.3, 0.4) is 0 Å². The van der Waals surface area contributed by atoms with Crippen LogP contribution in [-0.4, -0.2) is 72.2 Å². The molecule has 1 aliphatic rings. The predicted molar refractivity (Wildman–Crippen MR) is 70.6 cm³/mol. The number of likely N-dealkylation sites (N-methyl/N-ethyl adjacent to an activating group) is 1. The van der Waals surface area contributed by atoms with E-state index in [9.17, 15) is 4.79 Å². The van der Waals surface area contributed by atoms with Crippen LogP contribution in [0.2, 0.25) is 0 Å². The standard InChI is InChI=1S/C13H19N3O3/c1-15-4-6-16(7-5-15)8-9-19-11-2-3-12(13(17)18)14-10-11/h2-3,10H,4-9H2,1H3,(H,17,18). The molecule has 2 heterocycles. The molecule has 6 heteroatoms. The molecule has 19 heavy (non-hydrogen) atoms. The Morgan fingerprint density at radius 3 is 2.68 bits per heavy atom. The Kier molecular flexibility index (Phi) is 4.70. The number of piperazine rings is 1. The van der Waals surface area contributed by atoms with Crippen LogP contribution in [-0.2, 0) is 0 Å². The maximum Gasteiger partial charge on any atom is 0.354 e. The highest BCUT2D eigenvalue weighted by Crippen LogP contribution is 2.09. The molecule has 0 unspecified atom stereocenters. The Labute approximate surface area is 112 Å². The molecule has 0 bridgehead atoms. The van der Waals surface area contributed by atoms with Crippen molar-refractivity contribution >= 4 is 5.97 Å². The molecule has 1 aliphatic heterocycles. The largest absolute Gasteiger partial charge is 0.491 e. The molecule has 6 nitrogen and oxygen atoms in total. The minimum Gasteiger partial charge on any atom is -0.491 e. The SMILES string of the molecule is CN1CCN(CCOc2ccc(C(=O)O)nc2)CC1. The summed E-state index contributed by atoms with van der Waals surface area (Å²) < 4.78 is 5.56. The molecule has 0 aromatic carbocycles. The number of carboxylic acids is 1. The van der Waals surface area contributed by atoms with Crippen LogP contribution >= 0.6 is 0 Å². The van der Waals surface area contributed by atoms with E-state index in [2.05, 4.69) is 21.8 Å². The highest BCUT2D eigenvalue weighted by atomic mass is 16.5. The Morgan fingerprint density at radius 1 is 1.37 bits per heavy atom. The molecule has 1 fully saturated rings. The molecule has 0 saturated carbocycles. The van der Waals surface area contributed by atoms with E-state index < -0.39 is 5.97 Å². The van der Waals surface area contributed by atoms with Crippen molar-refractivity contribution in [2.75, 3.05) is 46.4 Å². The fourth-order valence-corrected chi connectivity index (χ4v) is 1.96. The lowest BCUT2D eigenvalue weighted by molar-refractivity contribution is 0.0690. The molecular formula is C13H19N3O3. The molecular weight excluding hydrogens is 246 g/mol. The van der Waals surface area contributed by atoms with Crippen molar-refractivity contribution in [1.29, 1.82) is 0 Å². The molecule has 0 atom stereocenters. The van der Waals surface area contributed by atoms with Crippen LogP contribution in [0.5, 0.6) is 5.75 Å². The summed E-state index contributed by atoms with van der Waals surface area (Å²) in [6.45, 7) is 5.79. The smallest absolute Gasteiger partial charge is 0.354 e. The minimum atomic E-state index is -1.02. The number of aromatic carboxylic acids is 1. The van der Waals surface area contributed by atoms with Gasteiger partial charge in [-0.3, -0.25) is 4.90 Å². The van der Waals surface area contributed by atoms with Gasteiger partial charge in [0, 0.05) is 32.7 Å². The second-order valence-corrected chi connectivity index (χ2v) is 4.68. The highest BCUT2D eigenvalue weighted by molar-refractivity contribution is 5.85. The van der Waals surface area contributed by atoms with Crippen molar-refractivity contribution in [2.24, 2.45) is 0 Å². The van der Waals surface area contributed by atoms with E-state index in [1.165, 1.54) is 12.3 Å². The maximum absolute atomic E-state index is 10.6. The first-order valence-electron chi connectivity index (χ1n) is 6.38. The molecule has 1 aromatic heterocycles. The fourth-order valence-electron chi connectivity index (χ4n) is 1.96. The molecule has 1 N–H and O–H groups in total. The van der Waals surface area contributed by atoms with Gasteiger partial charge in [-0.2, -0.15) is 0 Å². The number of aromatic nitrogens is 1. The lowest BCUT2D eigenvalue weighted by atomic mass is 10.3. The number of ether oxygens (including phenoxy) is 1. The van der Waals surface area contributed by atoms with Gasteiger partial charge in [0.2, 0.25) is 0 Å². The van der Waals surface area contributed by atoms with Gasteiger partial charge in [-0.05, 0) is 19.2 Å². The third-order valence-corrected chi connectivity index (χ3v) is 3.23. The van der Waals surface area contributed by atoms with E-state index in [1.54, 1.807) is 6.07 Å². The quantitative estimate of drug-likeness (QED) is 0.831. The third kappa shape index (κ3) is 4.18. The number of pyridine rings is 1. The maximum atomic E-state index is 10.6. The van der Waals surface area contributed by atoms with Gasteiger partial charge in [0.25, 0.3) is 0 Å². The summed E-state index contributed by atoms with van der Waals surface area (Å²) in [6, 6.07) is 3.09. The monoisotopic (exact) mass is 265 g/mol. The molecule has 0 aliphatic carbocycles. The highest BCUT2D eigenvalue weighted by Gasteiger charge is 2.13. The topological polar surface area (TPSA) is 65.9 Å². The normalized spacial score (nSPS) is 17.3. The van der Waals surface area contributed by atoms with E-state index in [0.717, 1.165) is 32.7 Å². The van der Waals surface area contributed by atoms with Gasteiger partial charge in [-0.1, -0.05) is 0 Å². The zero-order valence-electron chi connectivity index (χ0n) is 11.1. The summed E-state index contributed by atoms with van der Waals surface area (Å²) in [6.07, 6.45) is 1.45. The molecule has 1 saturated heterocycles. The lowest BCUT2D eigenvalue weighted by Crippen LogP contribution is -2.45. The zero-order valence-corrected chi connectivity index (χ0v) is 11.1. The lowest BCUT2D eigenvalue weighted by Gasteiger charge is -2.32. The Bertz CT molecular complexity index is 414. The second kappa shape index (κ2) is 6.49. The van der Waals surface area contributed by atoms with Gasteiger partial charge in [-0.25, -0.2) is 9.78 Å². The van der Waals surface area contributed by atoms with Crippen LogP contribution in [0, 0.1) is 0 Å². The van der Waals surface area contributed by atoms with E-state index in [4.69, 9.17) is 9.84 Å². The molecule has 0 amide bonds. The van der Waals surface area contributed by atoms with Crippen molar-refractivity contribution in [3.05, 3.63) is 24.0 Å². The zero-order chi connectivity index (χ0) is 13.7. The number of hydrogen-bond acceptors (Lipinski definition) is 5. The van der Waals surface area contributed by atoms with Crippen LogP contribution in [0.25, 0.3) is 0 Å². The van der Waals surface area contributed by atoms with Gasteiger partial charge in [-0.15, -0.1) is 0 Å². The average Bonchev–Trinajstić information content (AvgIpc) is 2.41. The first kappa shape index (κ1) is 13.8. The van der Waals surface area contributed by atoms with Crippen LogP contribution in [0.4, 0.5) is 0 Å². The number of hydrogen-bond donors (Lipinski definition) is 1. The Balaban J connectivity index is 1.72. The van der Waals surface area contributed by atoms with Gasteiger partial charge >= 0.3 is 5.97 Å². The van der Waals surface area contributed by atoms with Crippen molar-refractivity contribution < 1.29 is 14.6 Å². The van der Waals surface area contributed by atoms with Crippen LogP contribution in [0.1, 0.15) is 10.5 Å². The number of carboxylic acid groups (broad SMARTS) is 1.